The van der Waals surface area contributed by atoms with Crippen LogP contribution in [0.1, 0.15) is 17.4 Å². The molecule has 1 N–H and O–H groups in total. The van der Waals surface area contributed by atoms with E-state index in [0.29, 0.717) is 23.9 Å². The predicted octanol–water partition coefficient (Wildman–Crippen LogP) is 3.45. The van der Waals surface area contributed by atoms with Crippen LogP contribution in [-0.2, 0) is 13.2 Å². The second kappa shape index (κ2) is 7.90. The molecule has 2 rings (SSSR count). The summed E-state index contributed by atoms with van der Waals surface area (Å²) in [5, 5.41) is 5.33. The molecule has 0 atom stereocenters. The standard InChI is InChI=1S/C16H21NO3S/c1-4-17-10-12-8-14(18-2)16(15(9-12)19-3)20-11-13-6-5-7-21-13/h5-9,17H,4,10-11H2,1-3H3. The second-order valence-electron chi connectivity index (χ2n) is 4.48. The third-order valence-electron chi connectivity index (χ3n) is 3.04. The third kappa shape index (κ3) is 4.12. The van der Waals surface area contributed by atoms with E-state index in [1.165, 1.54) is 0 Å². The molecule has 0 aliphatic heterocycles. The van der Waals surface area contributed by atoms with E-state index < -0.39 is 0 Å². The van der Waals surface area contributed by atoms with Gasteiger partial charge < -0.3 is 19.5 Å². The van der Waals surface area contributed by atoms with Crippen LogP contribution in [0, 0.1) is 0 Å². The molecule has 0 aliphatic rings. The lowest BCUT2D eigenvalue weighted by atomic mass is 10.1. The topological polar surface area (TPSA) is 39.7 Å². The van der Waals surface area contributed by atoms with E-state index in [1.807, 2.05) is 29.6 Å². The Bertz CT molecular complexity index is 530. The van der Waals surface area contributed by atoms with Crippen molar-refractivity contribution >= 4 is 11.3 Å². The van der Waals surface area contributed by atoms with Crippen LogP contribution in [0.25, 0.3) is 0 Å². The Labute approximate surface area is 129 Å². The molecule has 0 unspecified atom stereocenters. The lowest BCUT2D eigenvalue weighted by molar-refractivity contribution is 0.268. The number of rotatable bonds is 8. The minimum Gasteiger partial charge on any atom is -0.493 e. The first-order chi connectivity index (χ1) is 10.3. The Morgan fingerprint density at radius 1 is 1.14 bits per heavy atom. The number of benzene rings is 1. The number of nitrogens with one attached hydrogen (secondary N) is 1. The van der Waals surface area contributed by atoms with Gasteiger partial charge in [-0.05, 0) is 35.7 Å². The van der Waals surface area contributed by atoms with Crippen LogP contribution >= 0.6 is 11.3 Å². The lowest BCUT2D eigenvalue weighted by Gasteiger charge is -2.16. The van der Waals surface area contributed by atoms with Crippen LogP contribution < -0.4 is 19.5 Å². The molecule has 0 amide bonds. The quantitative estimate of drug-likeness (QED) is 0.811. The zero-order chi connectivity index (χ0) is 15.1. The summed E-state index contributed by atoms with van der Waals surface area (Å²) >= 11 is 1.67. The highest BCUT2D eigenvalue weighted by Crippen LogP contribution is 2.39. The summed E-state index contributed by atoms with van der Waals surface area (Å²) in [7, 11) is 3.29. The van der Waals surface area contributed by atoms with Gasteiger partial charge in [-0.25, -0.2) is 0 Å². The van der Waals surface area contributed by atoms with Gasteiger partial charge in [-0.1, -0.05) is 13.0 Å². The molecule has 4 nitrogen and oxygen atoms in total. The summed E-state index contributed by atoms with van der Waals surface area (Å²) in [5.41, 5.74) is 1.11. The van der Waals surface area contributed by atoms with Gasteiger partial charge in [0.15, 0.2) is 11.5 Å². The normalized spacial score (nSPS) is 10.4. The fourth-order valence-corrected chi connectivity index (χ4v) is 2.60. The van der Waals surface area contributed by atoms with E-state index in [1.54, 1.807) is 25.6 Å². The molecule has 0 fully saturated rings. The molecule has 0 saturated heterocycles. The van der Waals surface area contributed by atoms with Gasteiger partial charge in [0.2, 0.25) is 5.75 Å². The Balaban J connectivity index is 2.21. The van der Waals surface area contributed by atoms with Crippen molar-refractivity contribution in [2.24, 2.45) is 0 Å². The van der Waals surface area contributed by atoms with E-state index in [4.69, 9.17) is 14.2 Å². The lowest BCUT2D eigenvalue weighted by Crippen LogP contribution is -2.12. The summed E-state index contributed by atoms with van der Waals surface area (Å²) < 4.78 is 16.8. The first kappa shape index (κ1) is 15.7. The number of ether oxygens (including phenoxy) is 3. The highest BCUT2D eigenvalue weighted by Gasteiger charge is 2.14. The molecular weight excluding hydrogens is 286 g/mol. The van der Waals surface area contributed by atoms with Crippen LogP contribution in [0.2, 0.25) is 0 Å². The monoisotopic (exact) mass is 307 g/mol. The van der Waals surface area contributed by atoms with Crippen molar-refractivity contribution in [3.05, 3.63) is 40.1 Å². The maximum absolute atomic E-state index is 5.89. The Morgan fingerprint density at radius 2 is 1.86 bits per heavy atom. The first-order valence-corrected chi connectivity index (χ1v) is 7.77. The summed E-state index contributed by atoms with van der Waals surface area (Å²) in [6.45, 7) is 4.28. The zero-order valence-electron chi connectivity index (χ0n) is 12.6. The minimum atomic E-state index is 0.511. The van der Waals surface area contributed by atoms with Gasteiger partial charge >= 0.3 is 0 Å². The summed E-state index contributed by atoms with van der Waals surface area (Å²) in [6, 6.07) is 8.02. The van der Waals surface area contributed by atoms with E-state index in [0.717, 1.165) is 23.5 Å². The van der Waals surface area contributed by atoms with Gasteiger partial charge in [0.25, 0.3) is 0 Å². The van der Waals surface area contributed by atoms with Gasteiger partial charge in [0.1, 0.15) is 6.61 Å². The molecule has 114 valence electrons. The highest BCUT2D eigenvalue weighted by atomic mass is 32.1. The predicted molar refractivity (Wildman–Crippen MR) is 85.6 cm³/mol. The van der Waals surface area contributed by atoms with Crippen molar-refractivity contribution in [2.45, 2.75) is 20.1 Å². The molecule has 0 bridgehead atoms. The van der Waals surface area contributed by atoms with Gasteiger partial charge in [0, 0.05) is 11.4 Å². The molecule has 0 aliphatic carbocycles. The van der Waals surface area contributed by atoms with Gasteiger partial charge in [-0.3, -0.25) is 0 Å². The Hall–Kier alpha value is -1.72. The molecule has 5 heteroatoms. The Kier molecular flexibility index (Phi) is 5.90. The minimum absolute atomic E-state index is 0.511. The van der Waals surface area contributed by atoms with Crippen LogP contribution in [0.15, 0.2) is 29.6 Å². The average Bonchev–Trinajstić information content (AvgIpc) is 3.03. The van der Waals surface area contributed by atoms with Crippen molar-refractivity contribution in [3.63, 3.8) is 0 Å². The summed E-state index contributed by atoms with van der Waals surface area (Å²) in [6.07, 6.45) is 0. The smallest absolute Gasteiger partial charge is 0.203 e. The Morgan fingerprint density at radius 3 is 2.38 bits per heavy atom. The molecule has 1 heterocycles. The largest absolute Gasteiger partial charge is 0.493 e. The van der Waals surface area contributed by atoms with E-state index in [9.17, 15) is 0 Å². The maximum Gasteiger partial charge on any atom is 0.203 e. The van der Waals surface area contributed by atoms with Crippen molar-refractivity contribution in [1.82, 2.24) is 5.32 Å². The molecule has 0 saturated carbocycles. The SMILES string of the molecule is CCNCc1cc(OC)c(OCc2cccs2)c(OC)c1. The molecule has 2 aromatic rings. The van der Waals surface area contributed by atoms with Crippen LogP contribution in [0.5, 0.6) is 17.2 Å². The first-order valence-electron chi connectivity index (χ1n) is 6.89. The van der Waals surface area contributed by atoms with Crippen LogP contribution in [0.3, 0.4) is 0 Å². The number of thiophene rings is 1. The van der Waals surface area contributed by atoms with Gasteiger partial charge in [-0.2, -0.15) is 0 Å². The van der Waals surface area contributed by atoms with Crippen molar-refractivity contribution in [2.75, 3.05) is 20.8 Å². The molecule has 21 heavy (non-hydrogen) atoms. The summed E-state index contributed by atoms with van der Waals surface area (Å²) in [4.78, 5) is 1.16. The van der Waals surface area contributed by atoms with Gasteiger partial charge in [-0.15, -0.1) is 11.3 Å². The molecule has 1 aromatic heterocycles. The third-order valence-corrected chi connectivity index (χ3v) is 3.89. The number of hydrogen-bond acceptors (Lipinski definition) is 5. The van der Waals surface area contributed by atoms with E-state index >= 15 is 0 Å². The molecular formula is C16H21NO3S. The highest BCUT2D eigenvalue weighted by molar-refractivity contribution is 7.09. The molecule has 0 spiro atoms. The number of hydrogen-bond donors (Lipinski definition) is 1. The van der Waals surface area contributed by atoms with E-state index in [-0.39, 0.29) is 0 Å². The van der Waals surface area contributed by atoms with Gasteiger partial charge in [0.05, 0.1) is 14.2 Å². The summed E-state index contributed by atoms with van der Waals surface area (Å²) in [5.74, 6) is 2.03. The van der Waals surface area contributed by atoms with Crippen LogP contribution in [-0.4, -0.2) is 20.8 Å². The van der Waals surface area contributed by atoms with E-state index in [2.05, 4.69) is 12.2 Å². The fourth-order valence-electron chi connectivity index (χ4n) is 1.99. The van der Waals surface area contributed by atoms with Crippen molar-refractivity contribution < 1.29 is 14.2 Å². The zero-order valence-corrected chi connectivity index (χ0v) is 13.5. The fraction of sp³-hybridized carbons (Fsp3) is 0.375. The maximum atomic E-state index is 5.89. The second-order valence-corrected chi connectivity index (χ2v) is 5.51. The molecule has 0 radical (unpaired) electrons. The molecule has 1 aromatic carbocycles. The van der Waals surface area contributed by atoms with Crippen molar-refractivity contribution in [3.8, 4) is 17.2 Å². The number of methoxy groups -OCH3 is 2. The van der Waals surface area contributed by atoms with Crippen molar-refractivity contribution in [1.29, 1.82) is 0 Å². The average molecular weight is 307 g/mol. The van der Waals surface area contributed by atoms with Crippen LogP contribution in [0.4, 0.5) is 0 Å².